The molecule has 2 saturated heterocycles. The maximum absolute atomic E-state index is 5.65. The molecule has 33 heavy (non-hydrogen) atoms. The Balaban J connectivity index is 1.35. The quantitative estimate of drug-likeness (QED) is 0.588. The zero-order chi connectivity index (χ0) is 22.6. The molecule has 0 aliphatic carbocycles. The summed E-state index contributed by atoms with van der Waals surface area (Å²) in [6.07, 6.45) is 8.47. The number of likely N-dealkylation sites (tertiary alicyclic amines) is 1. The molecule has 0 unspecified atom stereocenters. The SMILES string of the molecule is COc1cccc(CN2CCC[C@H](c3[nH]ncc3-c3ccnc(N4CCCC4)n3)C2)c1OC. The lowest BCUT2D eigenvalue weighted by molar-refractivity contribution is 0.196. The van der Waals surface area contributed by atoms with Gasteiger partial charge in [0.1, 0.15) is 0 Å². The van der Waals surface area contributed by atoms with Gasteiger partial charge in [-0.2, -0.15) is 5.10 Å². The molecule has 0 spiro atoms. The van der Waals surface area contributed by atoms with E-state index in [9.17, 15) is 0 Å². The van der Waals surface area contributed by atoms with Crippen molar-refractivity contribution in [2.45, 2.75) is 38.1 Å². The van der Waals surface area contributed by atoms with E-state index in [1.54, 1.807) is 14.2 Å². The Hall–Kier alpha value is -3.13. The molecule has 4 heterocycles. The standard InChI is InChI=1S/C25H32N6O2/c1-32-22-9-5-7-19(24(22)33-2)17-30-12-6-8-18(16-30)23-20(15-27-29-23)21-10-11-26-25(28-21)31-13-3-4-14-31/h5,7,9-11,15,18H,3-4,6,8,12-14,16-17H2,1-2H3,(H,27,29)/t18-/m0/s1. The number of para-hydroxylation sites is 1. The number of H-pyrrole nitrogens is 1. The lowest BCUT2D eigenvalue weighted by Gasteiger charge is -2.33. The predicted molar refractivity (Wildman–Crippen MR) is 128 cm³/mol. The van der Waals surface area contributed by atoms with Gasteiger partial charge in [-0.3, -0.25) is 10.00 Å². The largest absolute Gasteiger partial charge is 0.493 e. The highest BCUT2D eigenvalue weighted by Crippen LogP contribution is 2.35. The van der Waals surface area contributed by atoms with Crippen LogP contribution in [0.2, 0.25) is 0 Å². The van der Waals surface area contributed by atoms with Crippen LogP contribution in [0.4, 0.5) is 5.95 Å². The van der Waals surface area contributed by atoms with E-state index in [1.165, 1.54) is 18.5 Å². The average molecular weight is 449 g/mol. The van der Waals surface area contributed by atoms with Gasteiger partial charge in [0.05, 0.1) is 26.1 Å². The summed E-state index contributed by atoms with van der Waals surface area (Å²) < 4.78 is 11.1. The summed E-state index contributed by atoms with van der Waals surface area (Å²) in [6.45, 7) is 4.92. The molecular weight excluding hydrogens is 416 g/mol. The van der Waals surface area contributed by atoms with Crippen LogP contribution in [0.5, 0.6) is 11.5 Å². The molecule has 0 saturated carbocycles. The lowest BCUT2D eigenvalue weighted by Crippen LogP contribution is -2.34. The zero-order valence-electron chi connectivity index (χ0n) is 19.5. The normalized spacial score (nSPS) is 19.1. The van der Waals surface area contributed by atoms with Crippen LogP contribution in [0.1, 0.15) is 42.9 Å². The number of benzene rings is 1. The molecule has 0 amide bonds. The minimum absolute atomic E-state index is 0.373. The second kappa shape index (κ2) is 9.79. The molecule has 3 aromatic rings. The van der Waals surface area contributed by atoms with Crippen LogP contribution in [-0.4, -0.2) is 65.5 Å². The molecule has 0 bridgehead atoms. The summed E-state index contributed by atoms with van der Waals surface area (Å²) in [7, 11) is 3.38. The number of ether oxygens (including phenoxy) is 2. The van der Waals surface area contributed by atoms with Gasteiger partial charge >= 0.3 is 0 Å². The van der Waals surface area contributed by atoms with Crippen LogP contribution >= 0.6 is 0 Å². The van der Waals surface area contributed by atoms with Crippen molar-refractivity contribution in [3.05, 3.63) is 47.9 Å². The van der Waals surface area contributed by atoms with Gasteiger partial charge in [0.15, 0.2) is 11.5 Å². The first-order valence-electron chi connectivity index (χ1n) is 11.8. The van der Waals surface area contributed by atoms with Gasteiger partial charge in [-0.25, -0.2) is 9.97 Å². The Morgan fingerprint density at radius 2 is 1.94 bits per heavy atom. The molecule has 0 radical (unpaired) electrons. The second-order valence-electron chi connectivity index (χ2n) is 8.86. The number of hydrogen-bond donors (Lipinski definition) is 1. The molecule has 174 valence electrons. The van der Waals surface area contributed by atoms with Gasteiger partial charge in [0.25, 0.3) is 0 Å². The van der Waals surface area contributed by atoms with Crippen LogP contribution in [0.3, 0.4) is 0 Å². The van der Waals surface area contributed by atoms with Crippen molar-refractivity contribution < 1.29 is 9.47 Å². The first-order chi connectivity index (χ1) is 16.3. The summed E-state index contributed by atoms with van der Waals surface area (Å²) in [5.41, 5.74) is 4.35. The summed E-state index contributed by atoms with van der Waals surface area (Å²) in [4.78, 5) is 14.2. The smallest absolute Gasteiger partial charge is 0.225 e. The third-order valence-electron chi connectivity index (χ3n) is 6.77. The fraction of sp³-hybridized carbons (Fsp3) is 0.480. The molecule has 2 fully saturated rings. The van der Waals surface area contributed by atoms with Crippen molar-refractivity contribution in [2.75, 3.05) is 45.3 Å². The molecule has 2 aliphatic heterocycles. The minimum atomic E-state index is 0.373. The Morgan fingerprint density at radius 3 is 2.76 bits per heavy atom. The van der Waals surface area contributed by atoms with Crippen molar-refractivity contribution in [3.63, 3.8) is 0 Å². The molecule has 1 atom stereocenters. The number of anilines is 1. The summed E-state index contributed by atoms with van der Waals surface area (Å²) in [6, 6.07) is 8.08. The maximum atomic E-state index is 5.65. The van der Waals surface area contributed by atoms with Crippen molar-refractivity contribution in [1.29, 1.82) is 0 Å². The lowest BCUT2D eigenvalue weighted by atomic mass is 9.91. The van der Waals surface area contributed by atoms with E-state index in [0.29, 0.717) is 5.92 Å². The number of methoxy groups -OCH3 is 2. The van der Waals surface area contributed by atoms with Gasteiger partial charge in [-0.15, -0.1) is 0 Å². The van der Waals surface area contributed by atoms with Gasteiger partial charge in [0.2, 0.25) is 5.95 Å². The van der Waals surface area contributed by atoms with Gasteiger partial charge in [0, 0.05) is 55.1 Å². The van der Waals surface area contributed by atoms with Crippen molar-refractivity contribution >= 4 is 5.95 Å². The molecule has 8 nitrogen and oxygen atoms in total. The Kier molecular flexibility index (Phi) is 6.44. The molecule has 5 rings (SSSR count). The van der Waals surface area contributed by atoms with Crippen LogP contribution < -0.4 is 14.4 Å². The molecule has 8 heteroatoms. The molecular formula is C25H32N6O2. The van der Waals surface area contributed by atoms with Gasteiger partial charge in [-0.1, -0.05) is 12.1 Å². The fourth-order valence-electron chi connectivity index (χ4n) is 5.13. The number of nitrogens with one attached hydrogen (secondary N) is 1. The zero-order valence-corrected chi connectivity index (χ0v) is 19.5. The fourth-order valence-corrected chi connectivity index (χ4v) is 5.13. The van der Waals surface area contributed by atoms with Gasteiger partial charge in [-0.05, 0) is 44.4 Å². The van der Waals surface area contributed by atoms with Crippen LogP contribution in [0.15, 0.2) is 36.7 Å². The topological polar surface area (TPSA) is 79.4 Å². The van der Waals surface area contributed by atoms with Crippen LogP contribution in [0.25, 0.3) is 11.3 Å². The summed E-state index contributed by atoms with van der Waals surface area (Å²) in [5, 5.41) is 7.70. The second-order valence-corrected chi connectivity index (χ2v) is 8.86. The average Bonchev–Trinajstić information content (AvgIpc) is 3.57. The van der Waals surface area contributed by atoms with E-state index in [0.717, 1.165) is 79.8 Å². The van der Waals surface area contributed by atoms with E-state index in [2.05, 4.69) is 31.0 Å². The number of piperidine rings is 1. The Labute approximate surface area is 194 Å². The highest BCUT2D eigenvalue weighted by molar-refractivity contribution is 5.63. The van der Waals surface area contributed by atoms with E-state index in [-0.39, 0.29) is 0 Å². The van der Waals surface area contributed by atoms with Crippen molar-refractivity contribution in [2.24, 2.45) is 0 Å². The minimum Gasteiger partial charge on any atom is -0.493 e. The third-order valence-corrected chi connectivity index (χ3v) is 6.77. The summed E-state index contributed by atoms with van der Waals surface area (Å²) in [5.74, 6) is 2.79. The maximum Gasteiger partial charge on any atom is 0.225 e. The monoisotopic (exact) mass is 448 g/mol. The third kappa shape index (κ3) is 4.53. The predicted octanol–water partition coefficient (Wildman–Crippen LogP) is 3.86. The number of nitrogens with zero attached hydrogens (tertiary/aromatic N) is 5. The van der Waals surface area contributed by atoms with Crippen LogP contribution in [0, 0.1) is 0 Å². The Morgan fingerprint density at radius 1 is 1.06 bits per heavy atom. The molecule has 2 aromatic heterocycles. The summed E-state index contributed by atoms with van der Waals surface area (Å²) >= 11 is 0. The number of aromatic amines is 1. The molecule has 2 aliphatic rings. The van der Waals surface area contributed by atoms with E-state index >= 15 is 0 Å². The van der Waals surface area contributed by atoms with Crippen molar-refractivity contribution in [1.82, 2.24) is 25.1 Å². The van der Waals surface area contributed by atoms with Gasteiger partial charge < -0.3 is 14.4 Å². The first-order valence-corrected chi connectivity index (χ1v) is 11.8. The van der Waals surface area contributed by atoms with E-state index in [4.69, 9.17) is 14.5 Å². The highest BCUT2D eigenvalue weighted by atomic mass is 16.5. The van der Waals surface area contributed by atoms with Crippen LogP contribution in [-0.2, 0) is 6.54 Å². The number of rotatable bonds is 7. The molecule has 1 aromatic carbocycles. The van der Waals surface area contributed by atoms with Crippen molar-refractivity contribution in [3.8, 4) is 22.8 Å². The number of hydrogen-bond acceptors (Lipinski definition) is 7. The van der Waals surface area contributed by atoms with E-state index < -0.39 is 0 Å². The molecule has 1 N–H and O–H groups in total. The Bertz CT molecular complexity index is 1080. The van der Waals surface area contributed by atoms with E-state index in [1.807, 2.05) is 30.6 Å². The number of aromatic nitrogens is 4. The highest BCUT2D eigenvalue weighted by Gasteiger charge is 2.27. The first kappa shape index (κ1) is 21.7.